The maximum absolute atomic E-state index is 11.6. The van der Waals surface area contributed by atoms with Crippen molar-refractivity contribution in [2.45, 2.75) is 13.3 Å². The Bertz CT molecular complexity index is 221. The lowest BCUT2D eigenvalue weighted by molar-refractivity contribution is -0.144. The topological polar surface area (TPSA) is 78.9 Å². The molecular formula is C10H20N2O4. The van der Waals surface area contributed by atoms with E-state index in [4.69, 9.17) is 9.84 Å². The van der Waals surface area contributed by atoms with Crippen molar-refractivity contribution in [2.24, 2.45) is 0 Å². The van der Waals surface area contributed by atoms with Crippen LogP contribution in [-0.4, -0.2) is 61.8 Å². The van der Waals surface area contributed by atoms with Crippen LogP contribution in [0.15, 0.2) is 0 Å². The molecule has 0 saturated carbocycles. The monoisotopic (exact) mass is 232 g/mol. The average molecular weight is 232 g/mol. The molecule has 6 nitrogen and oxygen atoms in total. The van der Waals surface area contributed by atoms with Crippen LogP contribution in [0, 0.1) is 0 Å². The minimum Gasteiger partial charge on any atom is -0.480 e. The van der Waals surface area contributed by atoms with Gasteiger partial charge in [-0.05, 0) is 6.54 Å². The second-order valence-corrected chi connectivity index (χ2v) is 3.31. The van der Waals surface area contributed by atoms with Crippen molar-refractivity contribution < 1.29 is 19.4 Å². The van der Waals surface area contributed by atoms with Crippen molar-refractivity contribution in [3.05, 3.63) is 0 Å². The third kappa shape index (κ3) is 7.19. The molecule has 2 N–H and O–H groups in total. The molecule has 94 valence electrons. The molecule has 0 heterocycles. The first-order chi connectivity index (χ1) is 7.61. The first kappa shape index (κ1) is 14.9. The highest BCUT2D eigenvalue weighted by Gasteiger charge is 2.15. The molecule has 0 aliphatic heterocycles. The number of nitrogens with zero attached hydrogens (tertiary/aromatic N) is 1. The van der Waals surface area contributed by atoms with Crippen molar-refractivity contribution in [1.29, 1.82) is 0 Å². The minimum absolute atomic E-state index is 0.166. The summed E-state index contributed by atoms with van der Waals surface area (Å²) in [7, 11) is 1.52. The van der Waals surface area contributed by atoms with Crippen molar-refractivity contribution >= 4 is 11.9 Å². The van der Waals surface area contributed by atoms with Crippen LogP contribution in [0.1, 0.15) is 13.3 Å². The Morgan fingerprint density at radius 1 is 1.44 bits per heavy atom. The number of carbonyl (C=O) groups is 2. The Morgan fingerprint density at radius 3 is 2.62 bits per heavy atom. The predicted octanol–water partition coefficient (Wildman–Crippen LogP) is -0.454. The van der Waals surface area contributed by atoms with Crippen molar-refractivity contribution in [3.63, 3.8) is 0 Å². The molecule has 0 rings (SSSR count). The second-order valence-electron chi connectivity index (χ2n) is 3.31. The lowest BCUT2D eigenvalue weighted by Gasteiger charge is -2.20. The van der Waals surface area contributed by atoms with Gasteiger partial charge in [-0.3, -0.25) is 9.59 Å². The minimum atomic E-state index is -1.01. The van der Waals surface area contributed by atoms with Crippen LogP contribution < -0.4 is 5.32 Å². The summed E-state index contributed by atoms with van der Waals surface area (Å²) < 4.78 is 4.83. The number of carboxylic acid groups (broad SMARTS) is 1. The highest BCUT2D eigenvalue weighted by molar-refractivity contribution is 5.81. The second kappa shape index (κ2) is 9.11. The first-order valence-electron chi connectivity index (χ1n) is 5.31. The van der Waals surface area contributed by atoms with Gasteiger partial charge in [0.15, 0.2) is 0 Å². The van der Waals surface area contributed by atoms with Gasteiger partial charge in [0.25, 0.3) is 0 Å². The molecule has 0 unspecified atom stereocenters. The number of carboxylic acids is 1. The summed E-state index contributed by atoms with van der Waals surface area (Å²) in [4.78, 5) is 23.5. The van der Waals surface area contributed by atoms with E-state index in [0.717, 1.165) is 6.54 Å². The van der Waals surface area contributed by atoms with Crippen LogP contribution in [0.2, 0.25) is 0 Å². The summed E-state index contributed by atoms with van der Waals surface area (Å²) in [6.07, 6.45) is 0.310. The van der Waals surface area contributed by atoms with Crippen LogP contribution in [0.4, 0.5) is 0 Å². The molecule has 16 heavy (non-hydrogen) atoms. The summed E-state index contributed by atoms with van der Waals surface area (Å²) in [6, 6.07) is 0. The van der Waals surface area contributed by atoms with E-state index in [1.54, 1.807) is 0 Å². The van der Waals surface area contributed by atoms with Crippen LogP contribution in [0.3, 0.4) is 0 Å². The number of hydrogen-bond acceptors (Lipinski definition) is 4. The Hall–Kier alpha value is -1.14. The molecule has 0 aliphatic carbocycles. The average Bonchev–Trinajstić information content (AvgIpc) is 2.23. The molecule has 0 spiro atoms. The van der Waals surface area contributed by atoms with Crippen molar-refractivity contribution in [1.82, 2.24) is 10.2 Å². The van der Waals surface area contributed by atoms with Gasteiger partial charge >= 0.3 is 5.97 Å². The van der Waals surface area contributed by atoms with E-state index in [9.17, 15) is 9.59 Å². The SMILES string of the molecule is CCNCCC(=O)N(CCOC)CC(=O)O. The van der Waals surface area contributed by atoms with E-state index in [-0.39, 0.29) is 12.5 Å². The first-order valence-corrected chi connectivity index (χ1v) is 5.31. The van der Waals surface area contributed by atoms with Crippen molar-refractivity contribution in [2.75, 3.05) is 39.9 Å². The number of nitrogens with one attached hydrogen (secondary N) is 1. The van der Waals surface area contributed by atoms with Crippen LogP contribution in [0.25, 0.3) is 0 Å². The smallest absolute Gasteiger partial charge is 0.323 e. The maximum atomic E-state index is 11.6. The normalized spacial score (nSPS) is 10.1. The molecule has 6 heteroatoms. The van der Waals surface area contributed by atoms with E-state index < -0.39 is 5.97 Å². The molecule has 0 fully saturated rings. The van der Waals surface area contributed by atoms with Crippen molar-refractivity contribution in [3.8, 4) is 0 Å². The number of carbonyl (C=O) groups excluding carboxylic acids is 1. The number of ether oxygens (including phenoxy) is 1. The number of rotatable bonds is 9. The predicted molar refractivity (Wildman–Crippen MR) is 59.3 cm³/mol. The number of aliphatic carboxylic acids is 1. The zero-order valence-corrected chi connectivity index (χ0v) is 9.86. The number of hydrogen-bond donors (Lipinski definition) is 2. The maximum Gasteiger partial charge on any atom is 0.323 e. The van der Waals surface area contributed by atoms with Gasteiger partial charge in [-0.2, -0.15) is 0 Å². The molecular weight excluding hydrogens is 212 g/mol. The van der Waals surface area contributed by atoms with E-state index in [0.29, 0.717) is 26.1 Å². The molecule has 0 aliphatic rings. The zero-order valence-electron chi connectivity index (χ0n) is 9.86. The molecule has 0 radical (unpaired) electrons. The molecule has 0 bridgehead atoms. The highest BCUT2D eigenvalue weighted by atomic mass is 16.5. The van der Waals surface area contributed by atoms with E-state index in [2.05, 4.69) is 5.32 Å². The van der Waals surface area contributed by atoms with Gasteiger partial charge in [-0.25, -0.2) is 0 Å². The summed E-state index contributed by atoms with van der Waals surface area (Å²) in [5.41, 5.74) is 0. The fraction of sp³-hybridized carbons (Fsp3) is 0.800. The van der Waals surface area contributed by atoms with E-state index in [1.807, 2.05) is 6.92 Å². The summed E-state index contributed by atoms with van der Waals surface area (Å²) in [5, 5.41) is 11.7. The van der Waals surface area contributed by atoms with Gasteiger partial charge in [0.05, 0.1) is 6.61 Å². The quantitative estimate of drug-likeness (QED) is 0.526. The van der Waals surface area contributed by atoms with Gasteiger partial charge < -0.3 is 20.1 Å². The van der Waals surface area contributed by atoms with Gasteiger partial charge in [0.2, 0.25) is 5.91 Å². The summed E-state index contributed by atoms with van der Waals surface area (Å²) in [5.74, 6) is -1.17. The molecule has 1 amide bonds. The molecule has 0 aromatic heterocycles. The van der Waals surface area contributed by atoms with Gasteiger partial charge in [0.1, 0.15) is 6.54 Å². The van der Waals surface area contributed by atoms with E-state index in [1.165, 1.54) is 12.0 Å². The molecule has 0 aromatic carbocycles. The van der Waals surface area contributed by atoms with E-state index >= 15 is 0 Å². The molecule has 0 saturated heterocycles. The number of amides is 1. The van der Waals surface area contributed by atoms with Crippen LogP contribution >= 0.6 is 0 Å². The summed E-state index contributed by atoms with van der Waals surface area (Å²) >= 11 is 0. The molecule has 0 atom stereocenters. The zero-order chi connectivity index (χ0) is 12.4. The Morgan fingerprint density at radius 2 is 2.12 bits per heavy atom. The third-order valence-electron chi connectivity index (χ3n) is 2.01. The fourth-order valence-corrected chi connectivity index (χ4v) is 1.19. The summed E-state index contributed by atoms with van der Waals surface area (Å²) in [6.45, 7) is 3.70. The van der Waals surface area contributed by atoms with Gasteiger partial charge in [-0.1, -0.05) is 6.92 Å². The standard InChI is InChI=1S/C10H20N2O4/c1-3-11-5-4-9(13)12(6-7-16-2)8-10(14)15/h11H,3-8H2,1-2H3,(H,14,15). The third-order valence-corrected chi connectivity index (χ3v) is 2.01. The molecule has 0 aromatic rings. The lowest BCUT2D eigenvalue weighted by Crippen LogP contribution is -2.39. The van der Waals surface area contributed by atoms with Gasteiger partial charge in [0, 0.05) is 26.6 Å². The Labute approximate surface area is 95.6 Å². The van der Waals surface area contributed by atoms with Gasteiger partial charge in [-0.15, -0.1) is 0 Å². The fourth-order valence-electron chi connectivity index (χ4n) is 1.19. The largest absolute Gasteiger partial charge is 0.480 e. The lowest BCUT2D eigenvalue weighted by atomic mass is 10.3. The Kier molecular flexibility index (Phi) is 8.46. The van der Waals surface area contributed by atoms with Crippen LogP contribution in [0.5, 0.6) is 0 Å². The Balaban J connectivity index is 4.04. The highest BCUT2D eigenvalue weighted by Crippen LogP contribution is 1.94. The van der Waals surface area contributed by atoms with Crippen LogP contribution in [-0.2, 0) is 14.3 Å². The number of methoxy groups -OCH3 is 1.